The van der Waals surface area contributed by atoms with Gasteiger partial charge >= 0.3 is 0 Å². The zero-order chi connectivity index (χ0) is 16.7. The number of nitrogens with zero attached hydrogens (tertiary/aromatic N) is 1. The van der Waals surface area contributed by atoms with Crippen molar-refractivity contribution in [3.63, 3.8) is 0 Å². The number of amides is 1. The number of methoxy groups -OCH3 is 1. The number of hydrogen-bond acceptors (Lipinski definition) is 3. The van der Waals surface area contributed by atoms with Gasteiger partial charge in [-0.1, -0.05) is 31.2 Å². The Morgan fingerprint density at radius 3 is 2.52 bits per heavy atom. The summed E-state index contributed by atoms with van der Waals surface area (Å²) < 4.78 is 18.2. The van der Waals surface area contributed by atoms with Gasteiger partial charge in [0, 0.05) is 6.54 Å². The summed E-state index contributed by atoms with van der Waals surface area (Å²) in [6.07, 6.45) is 0. The zero-order valence-electron chi connectivity index (χ0n) is 13.4. The summed E-state index contributed by atoms with van der Waals surface area (Å²) in [5.74, 6) is 0.256. The van der Waals surface area contributed by atoms with Crippen LogP contribution in [0.3, 0.4) is 0 Å². The third kappa shape index (κ3) is 5.07. The Labute approximate surface area is 135 Å². The van der Waals surface area contributed by atoms with E-state index in [1.165, 1.54) is 12.1 Å². The summed E-state index contributed by atoms with van der Waals surface area (Å²) in [7, 11) is 1.57. The fraction of sp³-hybridized carbons (Fsp3) is 0.278. The molecule has 5 heteroatoms. The van der Waals surface area contributed by atoms with Crippen molar-refractivity contribution in [3.05, 3.63) is 59.9 Å². The van der Waals surface area contributed by atoms with Crippen molar-refractivity contribution in [1.82, 2.24) is 4.90 Å². The number of nitrogens with one attached hydrogen (secondary N) is 1. The fourth-order valence-electron chi connectivity index (χ4n) is 2.27. The van der Waals surface area contributed by atoms with E-state index < -0.39 is 0 Å². The predicted octanol–water partition coefficient (Wildman–Crippen LogP) is 3.29. The van der Waals surface area contributed by atoms with Crippen molar-refractivity contribution in [3.8, 4) is 5.75 Å². The lowest BCUT2D eigenvalue weighted by atomic mass is 10.2. The van der Waals surface area contributed by atoms with Crippen molar-refractivity contribution in [2.24, 2.45) is 0 Å². The highest BCUT2D eigenvalue weighted by atomic mass is 19.1. The normalized spacial score (nSPS) is 10.6. The van der Waals surface area contributed by atoms with E-state index in [2.05, 4.69) is 5.32 Å². The molecule has 2 rings (SSSR count). The number of rotatable bonds is 7. The van der Waals surface area contributed by atoms with Crippen LogP contribution in [0.1, 0.15) is 12.5 Å². The first kappa shape index (κ1) is 17.0. The van der Waals surface area contributed by atoms with Crippen LogP contribution >= 0.6 is 0 Å². The molecular formula is C18H21FN2O2. The summed E-state index contributed by atoms with van der Waals surface area (Å²) in [4.78, 5) is 14.2. The van der Waals surface area contributed by atoms with E-state index in [0.29, 0.717) is 18.0 Å². The lowest BCUT2D eigenvalue weighted by molar-refractivity contribution is -0.117. The predicted molar refractivity (Wildman–Crippen MR) is 89.0 cm³/mol. The van der Waals surface area contributed by atoms with Gasteiger partial charge in [-0.25, -0.2) is 4.39 Å². The number of carbonyl (C=O) groups is 1. The topological polar surface area (TPSA) is 41.6 Å². The van der Waals surface area contributed by atoms with E-state index in [1.807, 2.05) is 24.0 Å². The molecule has 4 nitrogen and oxygen atoms in total. The molecule has 122 valence electrons. The van der Waals surface area contributed by atoms with Gasteiger partial charge in [0.1, 0.15) is 11.6 Å². The van der Waals surface area contributed by atoms with Crippen LogP contribution in [0, 0.1) is 5.82 Å². The highest BCUT2D eigenvalue weighted by molar-refractivity contribution is 5.93. The maximum Gasteiger partial charge on any atom is 0.238 e. The molecule has 1 amide bonds. The smallest absolute Gasteiger partial charge is 0.238 e. The Bertz CT molecular complexity index is 644. The number of carbonyl (C=O) groups excluding carboxylic acids is 1. The van der Waals surface area contributed by atoms with Crippen LogP contribution < -0.4 is 10.1 Å². The van der Waals surface area contributed by atoms with Crippen LogP contribution in [0.15, 0.2) is 48.5 Å². The van der Waals surface area contributed by atoms with Crippen LogP contribution in [0.5, 0.6) is 5.75 Å². The molecule has 0 unspecified atom stereocenters. The SMILES string of the molecule is CCN(CC(=O)Nc1ccccc1OC)Cc1ccc(F)cc1. The Morgan fingerprint density at radius 1 is 1.17 bits per heavy atom. The Kier molecular flexibility index (Phi) is 6.11. The zero-order valence-corrected chi connectivity index (χ0v) is 13.4. The second-order valence-corrected chi connectivity index (χ2v) is 5.18. The largest absolute Gasteiger partial charge is 0.495 e. The highest BCUT2D eigenvalue weighted by Gasteiger charge is 2.12. The van der Waals surface area contributed by atoms with Crippen molar-refractivity contribution in [2.45, 2.75) is 13.5 Å². The quantitative estimate of drug-likeness (QED) is 0.852. The van der Waals surface area contributed by atoms with Gasteiger partial charge in [0.2, 0.25) is 5.91 Å². The van der Waals surface area contributed by atoms with Crippen LogP contribution in [-0.2, 0) is 11.3 Å². The molecule has 2 aromatic carbocycles. The van der Waals surface area contributed by atoms with Crippen molar-refractivity contribution in [1.29, 1.82) is 0 Å². The molecule has 0 fully saturated rings. The molecule has 0 saturated heterocycles. The minimum Gasteiger partial charge on any atom is -0.495 e. The third-order valence-electron chi connectivity index (χ3n) is 3.51. The average Bonchev–Trinajstić information content (AvgIpc) is 2.56. The summed E-state index contributed by atoms with van der Waals surface area (Å²) in [5.41, 5.74) is 1.62. The van der Waals surface area contributed by atoms with Gasteiger partial charge in [0.05, 0.1) is 19.3 Å². The van der Waals surface area contributed by atoms with E-state index in [1.54, 1.807) is 31.4 Å². The maximum atomic E-state index is 12.9. The van der Waals surface area contributed by atoms with Gasteiger partial charge in [-0.15, -0.1) is 0 Å². The van der Waals surface area contributed by atoms with Gasteiger partial charge in [-0.05, 0) is 36.4 Å². The van der Waals surface area contributed by atoms with E-state index >= 15 is 0 Å². The number of anilines is 1. The van der Waals surface area contributed by atoms with Crippen LogP contribution in [-0.4, -0.2) is 31.0 Å². The molecule has 0 aliphatic heterocycles. The molecule has 0 bridgehead atoms. The summed E-state index contributed by atoms with van der Waals surface area (Å²) in [6, 6.07) is 13.6. The molecule has 0 heterocycles. The molecule has 0 radical (unpaired) electrons. The molecule has 23 heavy (non-hydrogen) atoms. The summed E-state index contributed by atoms with van der Waals surface area (Å²) in [5, 5.41) is 2.86. The van der Waals surface area contributed by atoms with Gasteiger partial charge in [0.25, 0.3) is 0 Å². The molecule has 0 aliphatic rings. The first-order valence-corrected chi connectivity index (χ1v) is 7.52. The molecule has 1 N–H and O–H groups in total. The molecule has 0 aliphatic carbocycles. The number of likely N-dealkylation sites (N-methyl/N-ethyl adjacent to an activating group) is 1. The lowest BCUT2D eigenvalue weighted by Crippen LogP contribution is -2.32. The van der Waals surface area contributed by atoms with Crippen LogP contribution in [0.25, 0.3) is 0 Å². The summed E-state index contributed by atoms with van der Waals surface area (Å²) in [6.45, 7) is 3.55. The number of benzene rings is 2. The summed E-state index contributed by atoms with van der Waals surface area (Å²) >= 11 is 0. The van der Waals surface area contributed by atoms with Gasteiger partial charge < -0.3 is 10.1 Å². The van der Waals surface area contributed by atoms with E-state index in [4.69, 9.17) is 4.74 Å². The first-order valence-electron chi connectivity index (χ1n) is 7.52. The Hall–Kier alpha value is -2.40. The van der Waals surface area contributed by atoms with Crippen molar-refractivity contribution in [2.75, 3.05) is 25.5 Å². The van der Waals surface area contributed by atoms with E-state index in [9.17, 15) is 9.18 Å². The second-order valence-electron chi connectivity index (χ2n) is 5.18. The third-order valence-corrected chi connectivity index (χ3v) is 3.51. The number of hydrogen-bond donors (Lipinski definition) is 1. The standard InChI is InChI=1S/C18H21FN2O2/c1-3-21(12-14-8-10-15(19)11-9-14)13-18(22)20-16-6-4-5-7-17(16)23-2/h4-11H,3,12-13H2,1-2H3,(H,20,22). The van der Waals surface area contributed by atoms with Crippen LogP contribution in [0.4, 0.5) is 10.1 Å². The van der Waals surface area contributed by atoms with Gasteiger partial charge in [0.15, 0.2) is 0 Å². The van der Waals surface area contributed by atoms with Gasteiger partial charge in [-0.2, -0.15) is 0 Å². The minimum absolute atomic E-state index is 0.113. The molecule has 0 aromatic heterocycles. The van der Waals surface area contributed by atoms with Crippen LogP contribution in [0.2, 0.25) is 0 Å². The van der Waals surface area contributed by atoms with Gasteiger partial charge in [-0.3, -0.25) is 9.69 Å². The number of ether oxygens (including phenoxy) is 1. The average molecular weight is 316 g/mol. The maximum absolute atomic E-state index is 12.9. The monoisotopic (exact) mass is 316 g/mol. The fourth-order valence-corrected chi connectivity index (χ4v) is 2.27. The lowest BCUT2D eigenvalue weighted by Gasteiger charge is -2.20. The second kappa shape index (κ2) is 8.29. The molecule has 0 spiro atoms. The molecule has 0 atom stereocenters. The Balaban J connectivity index is 1.95. The minimum atomic E-state index is -0.259. The first-order chi connectivity index (χ1) is 11.1. The molecular weight excluding hydrogens is 295 g/mol. The molecule has 0 saturated carbocycles. The van der Waals surface area contributed by atoms with E-state index in [0.717, 1.165) is 12.1 Å². The number of halogens is 1. The van der Waals surface area contributed by atoms with Crippen molar-refractivity contribution < 1.29 is 13.9 Å². The molecule has 2 aromatic rings. The highest BCUT2D eigenvalue weighted by Crippen LogP contribution is 2.22. The van der Waals surface area contributed by atoms with Crippen molar-refractivity contribution >= 4 is 11.6 Å². The Morgan fingerprint density at radius 2 is 1.87 bits per heavy atom. The van der Waals surface area contributed by atoms with E-state index in [-0.39, 0.29) is 18.3 Å². The number of para-hydroxylation sites is 2.